The molecule has 0 atom stereocenters. The largest absolute Gasteiger partial charge is 0.384 e. The van der Waals surface area contributed by atoms with Crippen molar-refractivity contribution in [1.82, 2.24) is 4.98 Å². The molecule has 3 aromatic rings. The van der Waals surface area contributed by atoms with Crippen LogP contribution in [0, 0.1) is 0 Å². The number of nitrogens with one attached hydrogen (secondary N) is 2. The lowest BCUT2D eigenvalue weighted by atomic mass is 10.2. The van der Waals surface area contributed by atoms with Crippen LogP contribution in [0.5, 0.6) is 0 Å². The van der Waals surface area contributed by atoms with Crippen LogP contribution in [0.25, 0.3) is 0 Å². The summed E-state index contributed by atoms with van der Waals surface area (Å²) in [5.41, 5.74) is 1.05. The van der Waals surface area contributed by atoms with Crippen molar-refractivity contribution >= 4 is 49.8 Å². The van der Waals surface area contributed by atoms with Crippen LogP contribution in [0.2, 0.25) is 0 Å². The lowest BCUT2D eigenvalue weighted by molar-refractivity contribution is 0.102. The van der Waals surface area contributed by atoms with Crippen LogP contribution in [0.4, 0.5) is 10.8 Å². The molecule has 0 fully saturated rings. The third-order valence-electron chi connectivity index (χ3n) is 3.75. The fourth-order valence-electron chi connectivity index (χ4n) is 2.38. The highest BCUT2D eigenvalue weighted by atomic mass is 32.2. The zero-order valence-electron chi connectivity index (χ0n) is 15.5. The molecule has 2 aromatic carbocycles. The van der Waals surface area contributed by atoms with E-state index in [2.05, 4.69) is 15.0 Å². The molecule has 3 rings (SSSR count). The van der Waals surface area contributed by atoms with Gasteiger partial charge in [-0.25, -0.2) is 13.4 Å². The van der Waals surface area contributed by atoms with Gasteiger partial charge in [0.25, 0.3) is 15.9 Å². The molecule has 0 aliphatic heterocycles. The number of hydrogen-bond donors (Lipinski definition) is 2. The van der Waals surface area contributed by atoms with E-state index in [4.69, 9.17) is 4.74 Å². The number of ether oxygens (including phenoxy) is 1. The van der Waals surface area contributed by atoms with Gasteiger partial charge in [-0.2, -0.15) is 0 Å². The maximum Gasteiger partial charge on any atom is 0.263 e. The molecule has 1 amide bonds. The van der Waals surface area contributed by atoms with Crippen molar-refractivity contribution in [2.24, 2.45) is 0 Å². The average Bonchev–Trinajstić information content (AvgIpc) is 3.21. The summed E-state index contributed by atoms with van der Waals surface area (Å²) in [6.07, 6.45) is 1.52. The summed E-state index contributed by atoms with van der Waals surface area (Å²) in [7, 11) is -2.10. The number of methoxy groups -OCH3 is 1. The van der Waals surface area contributed by atoms with E-state index < -0.39 is 10.0 Å². The van der Waals surface area contributed by atoms with Crippen LogP contribution < -0.4 is 10.0 Å². The smallest absolute Gasteiger partial charge is 0.263 e. The number of benzene rings is 2. The second-order valence-electron chi connectivity index (χ2n) is 5.76. The molecule has 1 heterocycles. The first-order chi connectivity index (χ1) is 14.0. The summed E-state index contributed by atoms with van der Waals surface area (Å²) >= 11 is 2.73. The van der Waals surface area contributed by atoms with Crippen molar-refractivity contribution < 1.29 is 17.9 Å². The standard InChI is InChI=1S/C19H19N3O4S3/c1-26-11-13-27-17-5-3-2-4-16(17)18(23)21-14-6-8-15(9-7-14)29(24,25)22-19-20-10-12-28-19/h2-10,12H,11,13H2,1H3,(H,20,22)(H,21,23). The number of carbonyl (C=O) groups is 1. The van der Waals surface area contributed by atoms with Gasteiger partial charge in [0, 0.05) is 35.0 Å². The maximum atomic E-state index is 12.7. The normalized spacial score (nSPS) is 11.2. The van der Waals surface area contributed by atoms with E-state index in [1.165, 1.54) is 41.4 Å². The number of anilines is 2. The molecule has 0 aliphatic carbocycles. The monoisotopic (exact) mass is 449 g/mol. The fraction of sp³-hybridized carbons (Fsp3) is 0.158. The van der Waals surface area contributed by atoms with Gasteiger partial charge in [-0.3, -0.25) is 9.52 Å². The first-order valence-electron chi connectivity index (χ1n) is 8.54. The highest BCUT2D eigenvalue weighted by molar-refractivity contribution is 7.99. The van der Waals surface area contributed by atoms with E-state index >= 15 is 0 Å². The summed E-state index contributed by atoms with van der Waals surface area (Å²) in [6.45, 7) is 0.589. The third kappa shape index (κ3) is 5.80. The first kappa shape index (κ1) is 21.3. The summed E-state index contributed by atoms with van der Waals surface area (Å²) in [6, 6.07) is 13.3. The second kappa shape index (κ2) is 9.88. The predicted molar refractivity (Wildman–Crippen MR) is 116 cm³/mol. The van der Waals surface area contributed by atoms with E-state index in [1.807, 2.05) is 12.1 Å². The Bertz CT molecular complexity index is 1050. The van der Waals surface area contributed by atoms with Gasteiger partial charge in [-0.1, -0.05) is 12.1 Å². The number of hydrogen-bond acceptors (Lipinski definition) is 7. The molecule has 0 bridgehead atoms. The van der Waals surface area contributed by atoms with Crippen LogP contribution in [-0.2, 0) is 14.8 Å². The second-order valence-corrected chi connectivity index (χ2v) is 9.47. The minimum absolute atomic E-state index is 0.0845. The molecule has 29 heavy (non-hydrogen) atoms. The number of thioether (sulfide) groups is 1. The molecule has 0 saturated heterocycles. The van der Waals surface area contributed by atoms with Gasteiger partial charge in [-0.15, -0.1) is 23.1 Å². The molecule has 0 saturated carbocycles. The van der Waals surface area contributed by atoms with Gasteiger partial charge in [-0.05, 0) is 36.4 Å². The zero-order valence-corrected chi connectivity index (χ0v) is 17.9. The van der Waals surface area contributed by atoms with Gasteiger partial charge < -0.3 is 10.1 Å². The molecule has 2 N–H and O–H groups in total. The van der Waals surface area contributed by atoms with Crippen LogP contribution in [0.3, 0.4) is 0 Å². The van der Waals surface area contributed by atoms with Crippen LogP contribution in [0.1, 0.15) is 10.4 Å². The van der Waals surface area contributed by atoms with E-state index in [1.54, 1.807) is 36.8 Å². The molecular formula is C19H19N3O4S3. The van der Waals surface area contributed by atoms with Crippen molar-refractivity contribution in [3.8, 4) is 0 Å². The van der Waals surface area contributed by atoms with Gasteiger partial charge in [0.1, 0.15) is 0 Å². The Morgan fingerprint density at radius 2 is 1.93 bits per heavy atom. The van der Waals surface area contributed by atoms with E-state index in [0.29, 0.717) is 23.0 Å². The molecule has 0 unspecified atom stereocenters. The number of thiazole rings is 1. The molecule has 7 nitrogen and oxygen atoms in total. The van der Waals surface area contributed by atoms with Gasteiger partial charge in [0.05, 0.1) is 17.1 Å². The number of aromatic nitrogens is 1. The maximum absolute atomic E-state index is 12.7. The fourth-order valence-corrected chi connectivity index (χ4v) is 5.13. The number of nitrogens with zero attached hydrogens (tertiary/aromatic N) is 1. The molecule has 10 heteroatoms. The number of rotatable bonds is 9. The zero-order chi connectivity index (χ0) is 20.7. The van der Waals surface area contributed by atoms with Crippen molar-refractivity contribution in [2.45, 2.75) is 9.79 Å². The molecule has 0 radical (unpaired) electrons. The Morgan fingerprint density at radius 1 is 1.17 bits per heavy atom. The van der Waals surface area contributed by atoms with Gasteiger partial charge in [0.2, 0.25) is 0 Å². The quantitative estimate of drug-likeness (QED) is 0.379. The Hall–Kier alpha value is -2.40. The first-order valence-corrected chi connectivity index (χ1v) is 11.9. The molecular weight excluding hydrogens is 430 g/mol. The summed E-state index contributed by atoms with van der Waals surface area (Å²) < 4.78 is 32.2. The SMILES string of the molecule is COCCSc1ccccc1C(=O)Nc1ccc(S(=O)(=O)Nc2nccs2)cc1. The summed E-state index contributed by atoms with van der Waals surface area (Å²) in [5, 5.41) is 4.78. The minimum Gasteiger partial charge on any atom is -0.384 e. The van der Waals surface area contributed by atoms with E-state index in [-0.39, 0.29) is 10.8 Å². The molecule has 1 aromatic heterocycles. The highest BCUT2D eigenvalue weighted by Crippen LogP contribution is 2.24. The number of sulfonamides is 1. The summed E-state index contributed by atoms with van der Waals surface area (Å²) in [4.78, 5) is 17.5. The van der Waals surface area contributed by atoms with E-state index in [9.17, 15) is 13.2 Å². The van der Waals surface area contributed by atoms with Crippen molar-refractivity contribution in [2.75, 3.05) is 29.5 Å². The van der Waals surface area contributed by atoms with Crippen molar-refractivity contribution in [1.29, 1.82) is 0 Å². The number of carbonyl (C=O) groups excluding carboxylic acids is 1. The van der Waals surface area contributed by atoms with Crippen molar-refractivity contribution in [3.05, 3.63) is 65.7 Å². The van der Waals surface area contributed by atoms with Gasteiger partial charge >= 0.3 is 0 Å². The third-order valence-corrected chi connectivity index (χ3v) is 6.96. The van der Waals surface area contributed by atoms with E-state index in [0.717, 1.165) is 10.6 Å². The van der Waals surface area contributed by atoms with Crippen molar-refractivity contribution in [3.63, 3.8) is 0 Å². The molecule has 0 spiro atoms. The Labute approximate surface area is 177 Å². The Kier molecular flexibility index (Phi) is 7.26. The number of amides is 1. The Morgan fingerprint density at radius 3 is 2.62 bits per heavy atom. The highest BCUT2D eigenvalue weighted by Gasteiger charge is 2.16. The lowest BCUT2D eigenvalue weighted by Gasteiger charge is -2.11. The minimum atomic E-state index is -3.73. The molecule has 152 valence electrons. The summed E-state index contributed by atoms with van der Waals surface area (Å²) in [5.74, 6) is 0.474. The van der Waals surface area contributed by atoms with Crippen LogP contribution in [-0.4, -0.2) is 38.8 Å². The predicted octanol–water partition coefficient (Wildman–Crippen LogP) is 3.93. The topological polar surface area (TPSA) is 97.4 Å². The van der Waals surface area contributed by atoms with Crippen LogP contribution in [0.15, 0.2) is 69.9 Å². The van der Waals surface area contributed by atoms with Gasteiger partial charge in [0.15, 0.2) is 5.13 Å². The Balaban J connectivity index is 1.69. The average molecular weight is 450 g/mol. The lowest BCUT2D eigenvalue weighted by Crippen LogP contribution is -2.14. The molecule has 0 aliphatic rings. The van der Waals surface area contributed by atoms with Crippen LogP contribution >= 0.6 is 23.1 Å².